The van der Waals surface area contributed by atoms with Crippen molar-refractivity contribution in [1.82, 2.24) is 9.97 Å². The smallest absolute Gasteiger partial charge is 0.160 e. The van der Waals surface area contributed by atoms with Gasteiger partial charge in [-0.3, -0.25) is 0 Å². The molecule has 1 heterocycles. The van der Waals surface area contributed by atoms with Crippen LogP contribution >= 0.6 is 15.9 Å². The summed E-state index contributed by atoms with van der Waals surface area (Å²) in [6.07, 6.45) is 6.11. The lowest BCUT2D eigenvalue weighted by atomic mass is 10.2. The summed E-state index contributed by atoms with van der Waals surface area (Å²) in [5.74, 6) is 3.03. The highest BCUT2D eigenvalue weighted by molar-refractivity contribution is 9.10. The predicted molar refractivity (Wildman–Crippen MR) is 87.6 cm³/mol. The molecular formula is C16H24BrN3O. The molecule has 2 aliphatic rings. The molecule has 0 saturated heterocycles. The zero-order valence-corrected chi connectivity index (χ0v) is 14.4. The average molecular weight is 354 g/mol. The molecule has 21 heavy (non-hydrogen) atoms. The van der Waals surface area contributed by atoms with Crippen LogP contribution < -0.4 is 5.32 Å². The molecule has 1 N–H and O–H groups in total. The van der Waals surface area contributed by atoms with Gasteiger partial charge >= 0.3 is 0 Å². The third kappa shape index (κ3) is 3.57. The molecule has 2 fully saturated rings. The number of nitrogens with one attached hydrogen (secondary N) is 1. The van der Waals surface area contributed by atoms with E-state index in [0.717, 1.165) is 35.7 Å². The Kier molecular flexibility index (Phi) is 4.79. The Hall–Kier alpha value is -0.680. The van der Waals surface area contributed by atoms with Crippen LogP contribution in [0.3, 0.4) is 0 Å². The van der Waals surface area contributed by atoms with Crippen molar-refractivity contribution in [2.24, 2.45) is 5.92 Å². The van der Waals surface area contributed by atoms with Crippen molar-refractivity contribution in [3.63, 3.8) is 0 Å². The summed E-state index contributed by atoms with van der Waals surface area (Å²) in [7, 11) is 0. The fourth-order valence-corrected chi connectivity index (χ4v) is 3.24. The zero-order valence-electron chi connectivity index (χ0n) is 12.9. The first-order valence-corrected chi connectivity index (χ1v) is 8.96. The molecule has 1 unspecified atom stereocenters. The van der Waals surface area contributed by atoms with Gasteiger partial charge in [-0.1, -0.05) is 6.92 Å². The van der Waals surface area contributed by atoms with Gasteiger partial charge in [-0.25, -0.2) is 9.97 Å². The predicted octanol–water partition coefficient (Wildman–Crippen LogP) is 4.43. The second kappa shape index (κ2) is 6.61. The number of hydrogen-bond acceptors (Lipinski definition) is 4. The van der Waals surface area contributed by atoms with Gasteiger partial charge in [0.05, 0.1) is 10.2 Å². The molecular weight excluding hydrogens is 330 g/mol. The van der Waals surface area contributed by atoms with Crippen LogP contribution in [-0.4, -0.2) is 23.1 Å². The van der Waals surface area contributed by atoms with Gasteiger partial charge in [-0.2, -0.15) is 0 Å². The lowest BCUT2D eigenvalue weighted by Gasteiger charge is -2.18. The van der Waals surface area contributed by atoms with Crippen LogP contribution in [0.2, 0.25) is 0 Å². The Morgan fingerprint density at radius 3 is 2.57 bits per heavy atom. The normalized spacial score (nSPS) is 19.6. The van der Waals surface area contributed by atoms with E-state index in [-0.39, 0.29) is 6.10 Å². The average Bonchev–Trinajstić information content (AvgIpc) is 3.37. The van der Waals surface area contributed by atoms with E-state index in [9.17, 15) is 0 Å². The molecule has 0 amide bonds. The van der Waals surface area contributed by atoms with Crippen LogP contribution in [0.1, 0.15) is 69.5 Å². The van der Waals surface area contributed by atoms with Crippen molar-refractivity contribution in [2.45, 2.75) is 58.0 Å². The maximum absolute atomic E-state index is 5.94. The standard InChI is InChI=1S/C16H24BrN3O/c1-3-9-18-15-12(17)13(10-5-6-10)19-16(20-15)14(21-4-2)11-7-8-11/h10-11,14H,3-9H2,1-2H3,(H,18,19,20). The van der Waals surface area contributed by atoms with E-state index < -0.39 is 0 Å². The molecule has 0 aromatic carbocycles. The monoisotopic (exact) mass is 353 g/mol. The number of anilines is 1. The van der Waals surface area contributed by atoms with Crippen molar-refractivity contribution >= 4 is 21.7 Å². The van der Waals surface area contributed by atoms with Gasteiger partial charge in [-0.15, -0.1) is 0 Å². The first-order valence-electron chi connectivity index (χ1n) is 8.17. The molecule has 0 radical (unpaired) electrons. The van der Waals surface area contributed by atoms with E-state index in [1.807, 2.05) is 6.92 Å². The number of aromatic nitrogens is 2. The number of ether oxygens (including phenoxy) is 1. The van der Waals surface area contributed by atoms with Crippen molar-refractivity contribution < 1.29 is 4.74 Å². The Balaban J connectivity index is 1.92. The number of nitrogens with zero attached hydrogens (tertiary/aromatic N) is 2. The third-order valence-corrected chi connectivity index (χ3v) is 4.83. The second-order valence-corrected chi connectivity index (χ2v) is 6.84. The maximum Gasteiger partial charge on any atom is 0.160 e. The highest BCUT2D eigenvalue weighted by Crippen LogP contribution is 2.46. The first kappa shape index (κ1) is 15.2. The Morgan fingerprint density at radius 1 is 1.24 bits per heavy atom. The summed E-state index contributed by atoms with van der Waals surface area (Å²) < 4.78 is 6.99. The Bertz CT molecular complexity index is 501. The lowest BCUT2D eigenvalue weighted by molar-refractivity contribution is 0.0399. The summed E-state index contributed by atoms with van der Waals surface area (Å²) in [6.45, 7) is 5.86. The summed E-state index contributed by atoms with van der Waals surface area (Å²) in [6, 6.07) is 0. The van der Waals surface area contributed by atoms with Crippen LogP contribution in [0.5, 0.6) is 0 Å². The second-order valence-electron chi connectivity index (χ2n) is 6.04. The highest BCUT2D eigenvalue weighted by Gasteiger charge is 2.37. The van der Waals surface area contributed by atoms with Gasteiger partial charge in [0.25, 0.3) is 0 Å². The largest absolute Gasteiger partial charge is 0.370 e. The van der Waals surface area contributed by atoms with Crippen LogP contribution in [0.4, 0.5) is 5.82 Å². The van der Waals surface area contributed by atoms with Crippen molar-refractivity contribution in [3.8, 4) is 0 Å². The molecule has 0 bridgehead atoms. The fraction of sp³-hybridized carbons (Fsp3) is 0.750. The SMILES string of the molecule is CCCNc1nc(C(OCC)C2CC2)nc(C2CC2)c1Br. The molecule has 0 aliphatic heterocycles. The fourth-order valence-electron chi connectivity index (χ4n) is 2.60. The van der Waals surface area contributed by atoms with Crippen LogP contribution in [0, 0.1) is 5.92 Å². The van der Waals surface area contributed by atoms with Crippen molar-refractivity contribution in [3.05, 3.63) is 16.0 Å². The summed E-state index contributed by atoms with van der Waals surface area (Å²) in [5.41, 5.74) is 1.17. The first-order chi connectivity index (χ1) is 10.2. The molecule has 2 aliphatic carbocycles. The van der Waals surface area contributed by atoms with Crippen LogP contribution in [-0.2, 0) is 4.74 Å². The third-order valence-electron chi connectivity index (χ3n) is 4.05. The van der Waals surface area contributed by atoms with E-state index in [0.29, 0.717) is 11.8 Å². The van der Waals surface area contributed by atoms with E-state index in [1.165, 1.54) is 31.4 Å². The molecule has 3 rings (SSSR count). The van der Waals surface area contributed by atoms with Gasteiger partial charge in [0, 0.05) is 19.1 Å². The Labute approximate surface area is 135 Å². The minimum Gasteiger partial charge on any atom is -0.370 e. The van der Waals surface area contributed by atoms with E-state index in [2.05, 4.69) is 28.2 Å². The van der Waals surface area contributed by atoms with Gasteiger partial charge < -0.3 is 10.1 Å². The van der Waals surface area contributed by atoms with E-state index in [1.54, 1.807) is 0 Å². The minimum atomic E-state index is 0.0720. The quantitative estimate of drug-likeness (QED) is 0.750. The maximum atomic E-state index is 5.94. The molecule has 4 nitrogen and oxygen atoms in total. The summed E-state index contributed by atoms with van der Waals surface area (Å²) in [4.78, 5) is 9.63. The number of hydrogen-bond donors (Lipinski definition) is 1. The van der Waals surface area contributed by atoms with Crippen molar-refractivity contribution in [2.75, 3.05) is 18.5 Å². The molecule has 5 heteroatoms. The number of halogens is 1. The van der Waals surface area contributed by atoms with Crippen LogP contribution in [0.15, 0.2) is 4.47 Å². The Morgan fingerprint density at radius 2 is 2.00 bits per heavy atom. The van der Waals surface area contributed by atoms with E-state index >= 15 is 0 Å². The van der Waals surface area contributed by atoms with Crippen LogP contribution in [0.25, 0.3) is 0 Å². The zero-order chi connectivity index (χ0) is 14.8. The topological polar surface area (TPSA) is 47.0 Å². The lowest BCUT2D eigenvalue weighted by Crippen LogP contribution is -2.15. The highest BCUT2D eigenvalue weighted by atomic mass is 79.9. The molecule has 116 valence electrons. The van der Waals surface area contributed by atoms with Gasteiger partial charge in [-0.05, 0) is 60.9 Å². The molecule has 1 atom stereocenters. The molecule has 1 aromatic rings. The molecule has 2 saturated carbocycles. The summed E-state index contributed by atoms with van der Waals surface area (Å²) >= 11 is 3.70. The summed E-state index contributed by atoms with van der Waals surface area (Å²) in [5, 5.41) is 3.43. The van der Waals surface area contributed by atoms with Crippen molar-refractivity contribution in [1.29, 1.82) is 0 Å². The van der Waals surface area contributed by atoms with Gasteiger partial charge in [0.2, 0.25) is 0 Å². The van der Waals surface area contributed by atoms with Gasteiger partial charge in [0.1, 0.15) is 11.9 Å². The van der Waals surface area contributed by atoms with Gasteiger partial charge in [0.15, 0.2) is 5.82 Å². The van der Waals surface area contributed by atoms with E-state index in [4.69, 9.17) is 14.7 Å². The molecule has 1 aromatic heterocycles. The minimum absolute atomic E-state index is 0.0720. The number of rotatable bonds is 8. The molecule has 0 spiro atoms.